The molecule has 2 aromatic heterocycles. The summed E-state index contributed by atoms with van der Waals surface area (Å²) in [5.74, 6) is 0.187. The number of carbonyl (C=O) groups excluding carboxylic acids is 1. The lowest BCUT2D eigenvalue weighted by Crippen LogP contribution is -2.16. The highest BCUT2D eigenvalue weighted by Crippen LogP contribution is 2.20. The summed E-state index contributed by atoms with van der Waals surface area (Å²) < 4.78 is 10.8. The Morgan fingerprint density at radius 3 is 2.58 bits per heavy atom. The van der Waals surface area contributed by atoms with Gasteiger partial charge in [-0.25, -0.2) is 14.9 Å². The molecule has 0 aliphatic carbocycles. The van der Waals surface area contributed by atoms with Crippen LogP contribution in [0.2, 0.25) is 0 Å². The van der Waals surface area contributed by atoms with Gasteiger partial charge in [0.2, 0.25) is 5.89 Å². The van der Waals surface area contributed by atoms with Crippen LogP contribution in [0.3, 0.4) is 0 Å². The highest BCUT2D eigenvalue weighted by atomic mass is 16.5. The van der Waals surface area contributed by atoms with E-state index in [0.717, 1.165) is 5.56 Å². The maximum absolute atomic E-state index is 12.3. The van der Waals surface area contributed by atoms with E-state index in [1.807, 2.05) is 30.3 Å². The Balaban J connectivity index is 1.53. The number of nitrogens with zero attached hydrogens (tertiary/aromatic N) is 2. The number of hydrogen-bond donors (Lipinski definition) is 1. The molecule has 0 radical (unpaired) electrons. The maximum Gasteiger partial charge on any atom is 0.359 e. The fourth-order valence-corrected chi connectivity index (χ4v) is 2.58. The summed E-state index contributed by atoms with van der Waals surface area (Å²) in [7, 11) is 0. The molecule has 0 aliphatic heterocycles. The van der Waals surface area contributed by atoms with Crippen LogP contribution in [0.1, 0.15) is 16.4 Å². The molecular weight excluding hydrogens is 334 g/mol. The van der Waals surface area contributed by atoms with Crippen LogP contribution in [0, 0.1) is 0 Å². The lowest BCUT2D eigenvalue weighted by Gasteiger charge is -2.04. The monoisotopic (exact) mass is 347 g/mol. The predicted octanol–water partition coefficient (Wildman–Crippen LogP) is 2.94. The Morgan fingerprint density at radius 1 is 1.04 bits per heavy atom. The second-order valence-electron chi connectivity index (χ2n) is 5.51. The Hall–Kier alpha value is -3.74. The molecule has 4 aromatic rings. The first kappa shape index (κ1) is 15.8. The van der Waals surface area contributed by atoms with Gasteiger partial charge in [-0.15, -0.1) is 0 Å². The molecule has 0 spiro atoms. The molecule has 0 unspecified atom stereocenters. The van der Waals surface area contributed by atoms with Gasteiger partial charge in [0.1, 0.15) is 0 Å². The Bertz CT molecular complexity index is 1130. The molecule has 0 bridgehead atoms. The molecule has 26 heavy (non-hydrogen) atoms. The van der Waals surface area contributed by atoms with E-state index in [9.17, 15) is 9.59 Å². The quantitative estimate of drug-likeness (QED) is 0.570. The highest BCUT2D eigenvalue weighted by molar-refractivity contribution is 6.01. The van der Waals surface area contributed by atoms with Crippen molar-refractivity contribution in [1.29, 1.82) is 0 Å². The van der Waals surface area contributed by atoms with Gasteiger partial charge in [-0.3, -0.25) is 4.79 Å². The van der Waals surface area contributed by atoms with Crippen LogP contribution in [-0.4, -0.2) is 21.2 Å². The van der Waals surface area contributed by atoms with Crippen molar-refractivity contribution in [3.63, 3.8) is 0 Å². The van der Waals surface area contributed by atoms with Gasteiger partial charge in [0.05, 0.1) is 11.6 Å². The number of aromatic nitrogens is 3. The number of H-pyrrole nitrogens is 1. The van der Waals surface area contributed by atoms with Crippen molar-refractivity contribution in [2.24, 2.45) is 0 Å². The van der Waals surface area contributed by atoms with Crippen molar-refractivity contribution >= 4 is 16.7 Å². The number of oxazole rings is 1. The minimum absolute atomic E-state index is 0.0371. The van der Waals surface area contributed by atoms with E-state index in [-0.39, 0.29) is 23.8 Å². The van der Waals surface area contributed by atoms with E-state index in [4.69, 9.17) is 9.15 Å². The Morgan fingerprint density at radius 2 is 1.77 bits per heavy atom. The van der Waals surface area contributed by atoms with E-state index in [2.05, 4.69) is 15.2 Å². The van der Waals surface area contributed by atoms with Gasteiger partial charge < -0.3 is 9.15 Å². The second kappa shape index (κ2) is 6.64. The number of esters is 1. The number of benzene rings is 2. The fraction of sp³-hybridized carbons (Fsp3) is 0.0526. The third kappa shape index (κ3) is 2.98. The number of ether oxygens (including phenoxy) is 1. The van der Waals surface area contributed by atoms with Gasteiger partial charge in [0.25, 0.3) is 5.56 Å². The molecule has 0 saturated heterocycles. The number of aromatic amines is 1. The van der Waals surface area contributed by atoms with Gasteiger partial charge in [-0.2, -0.15) is 5.10 Å². The molecular formula is C19H13N3O4. The summed E-state index contributed by atoms with van der Waals surface area (Å²) in [6.45, 7) is -0.138. The Kier molecular flexibility index (Phi) is 4.03. The first-order valence-corrected chi connectivity index (χ1v) is 7.87. The molecule has 2 heterocycles. The molecule has 0 fully saturated rings. The first-order valence-electron chi connectivity index (χ1n) is 7.87. The van der Waals surface area contributed by atoms with Gasteiger partial charge >= 0.3 is 5.97 Å². The standard InChI is InChI=1S/C19H13N3O4/c23-18-14-9-5-4-8-13(14)17(21-22-18)19(24)25-11-16-20-10-15(26-16)12-6-2-1-3-7-12/h1-10H,11H2,(H,22,23). The molecule has 128 valence electrons. The average molecular weight is 347 g/mol. The predicted molar refractivity (Wildman–Crippen MR) is 93.4 cm³/mol. The van der Waals surface area contributed by atoms with E-state index < -0.39 is 5.97 Å². The summed E-state index contributed by atoms with van der Waals surface area (Å²) in [6.07, 6.45) is 1.58. The first-order chi connectivity index (χ1) is 12.7. The van der Waals surface area contributed by atoms with E-state index in [1.165, 1.54) is 0 Å². The molecule has 0 aliphatic rings. The van der Waals surface area contributed by atoms with Crippen molar-refractivity contribution < 1.29 is 13.9 Å². The summed E-state index contributed by atoms with van der Waals surface area (Å²) in [4.78, 5) is 28.2. The van der Waals surface area contributed by atoms with Crippen LogP contribution in [0.25, 0.3) is 22.1 Å². The van der Waals surface area contributed by atoms with Crippen molar-refractivity contribution in [3.05, 3.63) is 82.7 Å². The van der Waals surface area contributed by atoms with Crippen LogP contribution < -0.4 is 5.56 Å². The van der Waals surface area contributed by atoms with Gasteiger partial charge in [0.15, 0.2) is 18.1 Å². The van der Waals surface area contributed by atoms with Crippen molar-refractivity contribution in [3.8, 4) is 11.3 Å². The summed E-state index contributed by atoms with van der Waals surface area (Å²) >= 11 is 0. The van der Waals surface area contributed by atoms with Gasteiger partial charge in [-0.05, 0) is 6.07 Å². The lowest BCUT2D eigenvalue weighted by molar-refractivity contribution is 0.0433. The van der Waals surface area contributed by atoms with Crippen molar-refractivity contribution in [2.75, 3.05) is 0 Å². The van der Waals surface area contributed by atoms with E-state index >= 15 is 0 Å². The molecule has 0 saturated carbocycles. The SMILES string of the molecule is O=C(OCc1ncc(-c2ccccc2)o1)c1n[nH]c(=O)c2ccccc12. The number of fused-ring (bicyclic) bond motifs is 1. The molecule has 7 nitrogen and oxygen atoms in total. The zero-order valence-corrected chi connectivity index (χ0v) is 13.5. The normalized spacial score (nSPS) is 10.8. The van der Waals surface area contributed by atoms with E-state index in [0.29, 0.717) is 16.5 Å². The highest BCUT2D eigenvalue weighted by Gasteiger charge is 2.16. The molecule has 0 amide bonds. The largest absolute Gasteiger partial charge is 0.451 e. The maximum atomic E-state index is 12.3. The fourth-order valence-electron chi connectivity index (χ4n) is 2.58. The van der Waals surface area contributed by atoms with Crippen LogP contribution in [0.4, 0.5) is 0 Å². The molecule has 0 atom stereocenters. The number of hydrogen-bond acceptors (Lipinski definition) is 6. The summed E-state index contributed by atoms with van der Waals surface area (Å²) in [5, 5.41) is 6.91. The summed E-state index contributed by atoms with van der Waals surface area (Å²) in [5.41, 5.74) is 0.554. The summed E-state index contributed by atoms with van der Waals surface area (Å²) in [6, 6.07) is 16.2. The van der Waals surface area contributed by atoms with Gasteiger partial charge in [0, 0.05) is 10.9 Å². The smallest absolute Gasteiger partial charge is 0.359 e. The van der Waals surface area contributed by atoms with E-state index in [1.54, 1.807) is 30.5 Å². The van der Waals surface area contributed by atoms with Crippen LogP contribution in [0.5, 0.6) is 0 Å². The topological polar surface area (TPSA) is 98.1 Å². The zero-order chi connectivity index (χ0) is 17.9. The third-order valence-corrected chi connectivity index (χ3v) is 3.83. The molecule has 1 N–H and O–H groups in total. The molecule has 4 rings (SSSR count). The molecule has 2 aromatic carbocycles. The van der Waals surface area contributed by atoms with Gasteiger partial charge in [-0.1, -0.05) is 48.5 Å². The van der Waals surface area contributed by atoms with Crippen molar-refractivity contribution in [2.45, 2.75) is 6.61 Å². The van der Waals surface area contributed by atoms with Crippen LogP contribution in [-0.2, 0) is 11.3 Å². The lowest BCUT2D eigenvalue weighted by atomic mass is 10.1. The second-order valence-corrected chi connectivity index (χ2v) is 5.51. The van der Waals surface area contributed by atoms with Crippen molar-refractivity contribution in [1.82, 2.24) is 15.2 Å². The third-order valence-electron chi connectivity index (χ3n) is 3.83. The molecule has 7 heteroatoms. The minimum atomic E-state index is -0.670. The minimum Gasteiger partial charge on any atom is -0.451 e. The Labute approximate surface area is 147 Å². The average Bonchev–Trinajstić information content (AvgIpc) is 3.16. The zero-order valence-electron chi connectivity index (χ0n) is 13.5. The van der Waals surface area contributed by atoms with Crippen LogP contribution >= 0.6 is 0 Å². The number of carbonyl (C=O) groups is 1. The number of rotatable bonds is 4. The van der Waals surface area contributed by atoms with Crippen LogP contribution in [0.15, 0.2) is 70.0 Å². The number of nitrogens with one attached hydrogen (secondary N) is 1.